The van der Waals surface area contributed by atoms with Crippen LogP contribution in [0.5, 0.6) is 0 Å². The molecule has 4 nitrogen and oxygen atoms in total. The minimum absolute atomic E-state index is 0.134. The third-order valence-electron chi connectivity index (χ3n) is 5.76. The highest BCUT2D eigenvalue weighted by Crippen LogP contribution is 2.27. The number of sulfonamides is 1. The fraction of sp³-hybridized carbons (Fsp3) is 0.700. The van der Waals surface area contributed by atoms with Gasteiger partial charge in [-0.3, -0.25) is 4.90 Å². The lowest BCUT2D eigenvalue weighted by Crippen LogP contribution is -2.41. The van der Waals surface area contributed by atoms with Gasteiger partial charge in [0.2, 0.25) is 10.0 Å². The second kappa shape index (κ2) is 8.65. The van der Waals surface area contributed by atoms with Crippen LogP contribution >= 0.6 is 0 Å². The van der Waals surface area contributed by atoms with Gasteiger partial charge in [0.15, 0.2) is 0 Å². The lowest BCUT2D eigenvalue weighted by molar-refractivity contribution is 0.206. The lowest BCUT2D eigenvalue weighted by atomic mass is 10.0. The van der Waals surface area contributed by atoms with Crippen LogP contribution in [0.4, 0.5) is 0 Å². The molecule has 0 radical (unpaired) electrons. The molecule has 140 valence electrons. The summed E-state index contributed by atoms with van der Waals surface area (Å²) in [6.45, 7) is 4.70. The maximum Gasteiger partial charge on any atom is 0.214 e. The second-order valence-corrected chi connectivity index (χ2v) is 9.72. The average Bonchev–Trinajstić information content (AvgIpc) is 3.02. The van der Waals surface area contributed by atoms with Gasteiger partial charge in [-0.05, 0) is 51.3 Å². The fourth-order valence-electron chi connectivity index (χ4n) is 4.16. The van der Waals surface area contributed by atoms with Crippen LogP contribution in [0.25, 0.3) is 0 Å². The van der Waals surface area contributed by atoms with Crippen LogP contribution in [0.15, 0.2) is 24.3 Å². The Morgan fingerprint density at radius 2 is 1.60 bits per heavy atom. The van der Waals surface area contributed by atoms with E-state index >= 15 is 0 Å². The van der Waals surface area contributed by atoms with Crippen molar-refractivity contribution in [2.45, 2.75) is 69.6 Å². The first kappa shape index (κ1) is 18.9. The highest BCUT2D eigenvalue weighted by atomic mass is 32.2. The van der Waals surface area contributed by atoms with Gasteiger partial charge >= 0.3 is 0 Å². The van der Waals surface area contributed by atoms with Crippen LogP contribution in [0.1, 0.15) is 68.5 Å². The zero-order valence-corrected chi connectivity index (χ0v) is 16.2. The Morgan fingerprint density at radius 3 is 2.20 bits per heavy atom. The first-order valence-electron chi connectivity index (χ1n) is 9.85. The molecular weight excluding hydrogens is 332 g/mol. The van der Waals surface area contributed by atoms with Crippen molar-refractivity contribution in [2.24, 2.45) is 0 Å². The summed E-state index contributed by atoms with van der Waals surface area (Å²) in [4.78, 5) is 2.48. The summed E-state index contributed by atoms with van der Waals surface area (Å²) in [5, 5.41) is -0.185. The maximum atomic E-state index is 12.6. The summed E-state index contributed by atoms with van der Waals surface area (Å²) in [5.41, 5.74) is 2.46. The van der Waals surface area contributed by atoms with E-state index in [9.17, 15) is 8.42 Å². The Balaban J connectivity index is 1.74. The van der Waals surface area contributed by atoms with Gasteiger partial charge in [-0.2, -0.15) is 0 Å². The molecule has 0 spiro atoms. The van der Waals surface area contributed by atoms with E-state index in [4.69, 9.17) is 0 Å². The molecule has 1 heterocycles. The van der Waals surface area contributed by atoms with Gasteiger partial charge in [0, 0.05) is 12.6 Å². The molecule has 0 amide bonds. The van der Waals surface area contributed by atoms with Crippen LogP contribution in [0.3, 0.4) is 0 Å². The molecule has 1 aliphatic carbocycles. The average molecular weight is 365 g/mol. The molecule has 5 heteroatoms. The zero-order valence-electron chi connectivity index (χ0n) is 15.4. The number of likely N-dealkylation sites (tertiary alicyclic amines) is 1. The summed E-state index contributed by atoms with van der Waals surface area (Å²) in [6, 6.07) is 8.72. The Kier molecular flexibility index (Phi) is 6.53. The molecule has 1 N–H and O–H groups in total. The van der Waals surface area contributed by atoms with E-state index in [0.717, 1.165) is 38.8 Å². The first-order valence-corrected chi connectivity index (χ1v) is 11.4. The van der Waals surface area contributed by atoms with E-state index in [0.29, 0.717) is 6.54 Å². The number of nitrogens with one attached hydrogen (secondary N) is 1. The largest absolute Gasteiger partial charge is 0.295 e. The molecule has 1 atom stereocenters. The Bertz CT molecular complexity index is 628. The lowest BCUT2D eigenvalue weighted by Gasteiger charge is -2.31. The van der Waals surface area contributed by atoms with Crippen molar-refractivity contribution in [1.29, 1.82) is 0 Å². The van der Waals surface area contributed by atoms with Crippen molar-refractivity contribution in [3.05, 3.63) is 35.4 Å². The van der Waals surface area contributed by atoms with Crippen molar-refractivity contribution in [3.8, 4) is 0 Å². The third-order valence-corrected chi connectivity index (χ3v) is 7.68. The van der Waals surface area contributed by atoms with Crippen LogP contribution in [-0.2, 0) is 10.0 Å². The zero-order chi connectivity index (χ0) is 17.7. The van der Waals surface area contributed by atoms with Crippen molar-refractivity contribution >= 4 is 10.0 Å². The molecular formula is C20H32N2O2S. The standard InChI is InChI=1S/C20H32N2O2S/c1-17-10-12-18(13-11-17)20(22-14-6-2-3-7-15-22)16-21-25(23,24)19-8-4-5-9-19/h10-13,19-21H,2-9,14-16H2,1H3. The molecule has 1 aromatic rings. The third kappa shape index (κ3) is 5.05. The van der Waals surface area contributed by atoms with Crippen LogP contribution in [-0.4, -0.2) is 38.2 Å². The monoisotopic (exact) mass is 364 g/mol. The van der Waals surface area contributed by atoms with E-state index in [2.05, 4.69) is 40.8 Å². The molecule has 1 aromatic carbocycles. The SMILES string of the molecule is Cc1ccc(C(CNS(=O)(=O)C2CCCC2)N2CCCCCC2)cc1. The number of rotatable bonds is 6. The first-order chi connectivity index (χ1) is 12.1. The van der Waals surface area contributed by atoms with Crippen molar-refractivity contribution in [3.63, 3.8) is 0 Å². The van der Waals surface area contributed by atoms with Gasteiger partial charge in [0.25, 0.3) is 0 Å². The molecule has 3 rings (SSSR count). The van der Waals surface area contributed by atoms with Crippen LogP contribution in [0.2, 0.25) is 0 Å². The molecule has 1 aliphatic heterocycles. The van der Waals surface area contributed by atoms with Gasteiger partial charge in [-0.1, -0.05) is 55.5 Å². The summed E-state index contributed by atoms with van der Waals surface area (Å²) in [7, 11) is -3.20. The molecule has 1 saturated heterocycles. The van der Waals surface area contributed by atoms with Gasteiger partial charge in [-0.15, -0.1) is 0 Å². The van der Waals surface area contributed by atoms with Gasteiger partial charge in [0.1, 0.15) is 0 Å². The van der Waals surface area contributed by atoms with Crippen molar-refractivity contribution in [1.82, 2.24) is 9.62 Å². The highest BCUT2D eigenvalue weighted by Gasteiger charge is 2.30. The summed E-state index contributed by atoms with van der Waals surface area (Å²) in [6.07, 6.45) is 8.69. The second-order valence-electron chi connectivity index (χ2n) is 7.68. The number of benzene rings is 1. The number of aryl methyl sites for hydroxylation is 1. The molecule has 0 bridgehead atoms. The van der Waals surface area contributed by atoms with Crippen molar-refractivity contribution in [2.75, 3.05) is 19.6 Å². The van der Waals surface area contributed by atoms with Gasteiger partial charge < -0.3 is 0 Å². The van der Waals surface area contributed by atoms with Crippen LogP contribution in [0, 0.1) is 6.92 Å². The Hall–Kier alpha value is -0.910. The summed E-state index contributed by atoms with van der Waals surface area (Å²) in [5.74, 6) is 0. The van der Waals surface area contributed by atoms with Crippen molar-refractivity contribution < 1.29 is 8.42 Å². The van der Waals surface area contributed by atoms with E-state index < -0.39 is 10.0 Å². The Morgan fingerprint density at radius 1 is 1.00 bits per heavy atom. The smallest absolute Gasteiger partial charge is 0.214 e. The quantitative estimate of drug-likeness (QED) is 0.836. The highest BCUT2D eigenvalue weighted by molar-refractivity contribution is 7.90. The topological polar surface area (TPSA) is 49.4 Å². The van der Waals surface area contributed by atoms with E-state index in [1.54, 1.807) is 0 Å². The number of nitrogens with zero attached hydrogens (tertiary/aromatic N) is 1. The Labute approximate surface area is 153 Å². The molecule has 1 unspecified atom stereocenters. The molecule has 0 aromatic heterocycles. The molecule has 2 fully saturated rings. The van der Waals surface area contributed by atoms with Crippen LogP contribution < -0.4 is 4.72 Å². The van der Waals surface area contributed by atoms with Gasteiger partial charge in [0.05, 0.1) is 5.25 Å². The maximum absolute atomic E-state index is 12.6. The normalized spacial score (nSPS) is 22.0. The minimum atomic E-state index is -3.20. The van der Waals surface area contributed by atoms with E-state index in [-0.39, 0.29) is 11.3 Å². The number of hydrogen-bond acceptors (Lipinski definition) is 3. The molecule has 25 heavy (non-hydrogen) atoms. The molecule has 2 aliphatic rings. The summed E-state index contributed by atoms with van der Waals surface area (Å²) >= 11 is 0. The minimum Gasteiger partial charge on any atom is -0.295 e. The van der Waals surface area contributed by atoms with E-state index in [1.165, 1.54) is 36.8 Å². The number of hydrogen-bond donors (Lipinski definition) is 1. The predicted octanol–water partition coefficient (Wildman–Crippen LogP) is 3.77. The van der Waals surface area contributed by atoms with Gasteiger partial charge in [-0.25, -0.2) is 13.1 Å². The molecule has 1 saturated carbocycles. The summed E-state index contributed by atoms with van der Waals surface area (Å²) < 4.78 is 28.2. The van der Waals surface area contributed by atoms with E-state index in [1.807, 2.05) is 0 Å². The predicted molar refractivity (Wildman–Crippen MR) is 103 cm³/mol. The fourth-order valence-corrected chi connectivity index (χ4v) is 5.74.